The first-order valence-corrected chi connectivity index (χ1v) is 12.5. The summed E-state index contributed by atoms with van der Waals surface area (Å²) < 4.78 is 34.1. The monoisotopic (exact) mass is 452 g/mol. The van der Waals surface area contributed by atoms with Gasteiger partial charge in [-0.2, -0.15) is 0 Å². The molecule has 0 saturated carbocycles. The average molecular weight is 453 g/mol. The highest BCUT2D eigenvalue weighted by atomic mass is 32.2. The number of sulfonamides is 1. The van der Waals surface area contributed by atoms with Crippen molar-refractivity contribution in [3.8, 4) is 5.75 Å². The Bertz CT molecular complexity index is 1210. The Labute approximate surface area is 189 Å². The number of benzene rings is 2. The molecule has 3 aromatic rings. The lowest BCUT2D eigenvalue weighted by molar-refractivity contribution is 0.340. The highest BCUT2D eigenvalue weighted by molar-refractivity contribution is 7.92. The molecule has 0 aliphatic heterocycles. The molecule has 2 aromatic carbocycles. The Morgan fingerprint density at radius 2 is 1.69 bits per heavy atom. The van der Waals surface area contributed by atoms with Crippen molar-refractivity contribution >= 4 is 32.7 Å². The highest BCUT2D eigenvalue weighted by Gasteiger charge is 2.19. The number of aromatic nitrogens is 2. The van der Waals surface area contributed by atoms with Crippen LogP contribution in [0.1, 0.15) is 39.0 Å². The highest BCUT2D eigenvalue weighted by Crippen LogP contribution is 2.26. The van der Waals surface area contributed by atoms with Crippen molar-refractivity contribution in [3.05, 3.63) is 60.2 Å². The van der Waals surface area contributed by atoms with E-state index in [1.165, 1.54) is 30.5 Å². The third-order valence-corrected chi connectivity index (χ3v) is 6.73. The minimum absolute atomic E-state index is 0.134. The van der Waals surface area contributed by atoms with Gasteiger partial charge in [0.15, 0.2) is 11.6 Å². The maximum absolute atomic E-state index is 13.0. The fourth-order valence-electron chi connectivity index (χ4n) is 3.74. The summed E-state index contributed by atoms with van der Waals surface area (Å²) in [6.07, 6.45) is 7.96. The van der Waals surface area contributed by atoms with E-state index in [9.17, 15) is 8.42 Å². The molecule has 0 amide bonds. The van der Waals surface area contributed by atoms with E-state index >= 15 is 0 Å². The van der Waals surface area contributed by atoms with Crippen molar-refractivity contribution in [2.24, 2.45) is 0 Å². The van der Waals surface area contributed by atoms with E-state index in [4.69, 9.17) is 4.74 Å². The van der Waals surface area contributed by atoms with Gasteiger partial charge in [-0.1, -0.05) is 23.8 Å². The molecule has 1 aromatic heterocycles. The van der Waals surface area contributed by atoms with E-state index in [0.29, 0.717) is 35.8 Å². The molecule has 0 atom stereocenters. The van der Waals surface area contributed by atoms with Crippen LogP contribution < -0.4 is 14.8 Å². The molecule has 1 heterocycles. The van der Waals surface area contributed by atoms with Gasteiger partial charge in [-0.3, -0.25) is 4.72 Å². The fourth-order valence-corrected chi connectivity index (χ4v) is 4.74. The van der Waals surface area contributed by atoms with Gasteiger partial charge >= 0.3 is 0 Å². The molecular formula is C24H28N4O3S. The van der Waals surface area contributed by atoms with Gasteiger partial charge < -0.3 is 10.1 Å². The number of ether oxygens (including phenoxy) is 1. The van der Waals surface area contributed by atoms with Crippen LogP contribution in [0.2, 0.25) is 0 Å². The number of nitrogens with one attached hydrogen (secondary N) is 2. The zero-order valence-electron chi connectivity index (χ0n) is 18.2. The van der Waals surface area contributed by atoms with Crippen LogP contribution in [0.3, 0.4) is 0 Å². The third-order valence-electron chi connectivity index (χ3n) is 5.37. The summed E-state index contributed by atoms with van der Waals surface area (Å²) in [7, 11) is -3.84. The van der Waals surface area contributed by atoms with E-state index < -0.39 is 10.0 Å². The summed E-state index contributed by atoms with van der Waals surface area (Å²) in [4.78, 5) is 9.31. The van der Waals surface area contributed by atoms with Crippen molar-refractivity contribution in [1.82, 2.24) is 9.97 Å². The predicted molar refractivity (Wildman–Crippen MR) is 128 cm³/mol. The van der Waals surface area contributed by atoms with Crippen LogP contribution in [-0.4, -0.2) is 31.5 Å². The molecular weight excluding hydrogens is 424 g/mol. The number of fused-ring (bicyclic) bond motifs is 1. The fraction of sp³-hybridized carbons (Fsp3) is 0.333. The van der Waals surface area contributed by atoms with E-state index in [0.717, 1.165) is 19.3 Å². The summed E-state index contributed by atoms with van der Waals surface area (Å²) in [5.41, 5.74) is 2.77. The second-order valence-electron chi connectivity index (χ2n) is 7.70. The number of nitrogens with zero attached hydrogens (tertiary/aromatic N) is 2. The van der Waals surface area contributed by atoms with Gasteiger partial charge in [0.25, 0.3) is 10.0 Å². The van der Waals surface area contributed by atoms with Crippen LogP contribution >= 0.6 is 0 Å². The van der Waals surface area contributed by atoms with Crippen LogP contribution in [-0.2, 0) is 10.0 Å². The lowest BCUT2D eigenvalue weighted by Crippen LogP contribution is -2.17. The topological polar surface area (TPSA) is 93.2 Å². The van der Waals surface area contributed by atoms with Crippen molar-refractivity contribution < 1.29 is 13.2 Å². The average Bonchev–Trinajstić information content (AvgIpc) is 2.80. The molecule has 0 bridgehead atoms. The molecule has 4 rings (SSSR count). The number of hydrogen-bond donors (Lipinski definition) is 2. The number of rotatable bonds is 9. The molecule has 8 heteroatoms. The minimum atomic E-state index is -3.84. The molecule has 1 aliphatic rings. The molecule has 7 nitrogen and oxygen atoms in total. The van der Waals surface area contributed by atoms with Crippen LogP contribution in [0.25, 0.3) is 11.0 Å². The first-order chi connectivity index (χ1) is 15.5. The quantitative estimate of drug-likeness (QED) is 0.437. The largest absolute Gasteiger partial charge is 0.494 e. The lowest BCUT2D eigenvalue weighted by Gasteiger charge is -2.16. The summed E-state index contributed by atoms with van der Waals surface area (Å²) in [6.45, 7) is 3.06. The Morgan fingerprint density at radius 1 is 0.969 bits per heavy atom. The normalized spacial score (nSPS) is 14.1. The molecule has 32 heavy (non-hydrogen) atoms. The Morgan fingerprint density at radius 3 is 2.34 bits per heavy atom. The van der Waals surface area contributed by atoms with Gasteiger partial charge in [0.2, 0.25) is 0 Å². The maximum Gasteiger partial charge on any atom is 0.263 e. The second-order valence-corrected chi connectivity index (χ2v) is 9.39. The van der Waals surface area contributed by atoms with E-state index in [1.807, 2.05) is 31.2 Å². The summed E-state index contributed by atoms with van der Waals surface area (Å²) in [5, 5.41) is 3.29. The molecule has 1 aliphatic carbocycles. The number of para-hydroxylation sites is 2. The van der Waals surface area contributed by atoms with Gasteiger partial charge in [0.1, 0.15) is 5.75 Å². The number of hydrogen-bond acceptors (Lipinski definition) is 6. The Kier molecular flexibility index (Phi) is 6.90. The molecule has 0 radical (unpaired) electrons. The minimum Gasteiger partial charge on any atom is -0.494 e. The van der Waals surface area contributed by atoms with E-state index in [1.54, 1.807) is 12.1 Å². The van der Waals surface area contributed by atoms with Gasteiger partial charge in [-0.15, -0.1) is 0 Å². The SMILES string of the molecule is CCOc1ccc(S(=O)(=O)Nc2nc3ccccc3nc2NCCC2=CCCCC2)cc1. The third kappa shape index (κ3) is 5.37. The summed E-state index contributed by atoms with van der Waals surface area (Å²) >= 11 is 0. The lowest BCUT2D eigenvalue weighted by atomic mass is 9.97. The van der Waals surface area contributed by atoms with Gasteiger partial charge in [-0.05, 0) is 75.4 Å². The zero-order valence-corrected chi connectivity index (χ0v) is 19.0. The van der Waals surface area contributed by atoms with Crippen LogP contribution in [0.4, 0.5) is 11.6 Å². The van der Waals surface area contributed by atoms with Crippen LogP contribution in [0, 0.1) is 0 Å². The van der Waals surface area contributed by atoms with E-state index in [-0.39, 0.29) is 10.7 Å². The van der Waals surface area contributed by atoms with Gasteiger partial charge in [0, 0.05) is 6.54 Å². The van der Waals surface area contributed by atoms with Crippen LogP contribution in [0.15, 0.2) is 65.1 Å². The van der Waals surface area contributed by atoms with Crippen molar-refractivity contribution in [2.45, 2.75) is 43.9 Å². The molecule has 0 spiro atoms. The maximum atomic E-state index is 13.0. The van der Waals surface area contributed by atoms with Gasteiger partial charge in [0.05, 0.1) is 22.5 Å². The van der Waals surface area contributed by atoms with Crippen molar-refractivity contribution in [2.75, 3.05) is 23.2 Å². The summed E-state index contributed by atoms with van der Waals surface area (Å²) in [5.74, 6) is 1.24. The first-order valence-electron chi connectivity index (χ1n) is 11.0. The smallest absolute Gasteiger partial charge is 0.263 e. The Hall–Kier alpha value is -3.13. The van der Waals surface area contributed by atoms with Crippen LogP contribution in [0.5, 0.6) is 5.75 Å². The van der Waals surface area contributed by atoms with Crippen molar-refractivity contribution in [3.63, 3.8) is 0 Å². The molecule has 2 N–H and O–H groups in total. The summed E-state index contributed by atoms with van der Waals surface area (Å²) in [6, 6.07) is 13.7. The molecule has 0 saturated heterocycles. The standard InChI is InChI=1S/C24H28N4O3S/c1-2-31-19-12-14-20(15-13-19)32(29,30)28-24-23(25-17-16-18-8-4-3-5-9-18)26-21-10-6-7-11-22(21)27-24/h6-8,10-15H,2-5,9,16-17H2,1H3,(H,25,26)(H,27,28). The van der Waals surface area contributed by atoms with Crippen molar-refractivity contribution in [1.29, 1.82) is 0 Å². The van der Waals surface area contributed by atoms with Gasteiger partial charge in [-0.25, -0.2) is 18.4 Å². The number of allylic oxidation sites excluding steroid dienone is 1. The molecule has 0 fully saturated rings. The Balaban J connectivity index is 1.58. The van der Waals surface area contributed by atoms with E-state index in [2.05, 4.69) is 26.1 Å². The molecule has 0 unspecified atom stereocenters. The second kappa shape index (κ2) is 9.99. The molecule has 168 valence electrons. The first kappa shape index (κ1) is 22.1. The zero-order chi connectivity index (χ0) is 22.4. The number of anilines is 2. The predicted octanol–water partition coefficient (Wildman–Crippen LogP) is 5.13.